The third kappa shape index (κ3) is 5.39. The zero-order chi connectivity index (χ0) is 33.7. The van der Waals surface area contributed by atoms with E-state index in [-0.39, 0.29) is 0 Å². The van der Waals surface area contributed by atoms with Gasteiger partial charge in [-0.15, -0.1) is 22.7 Å². The van der Waals surface area contributed by atoms with Crippen LogP contribution >= 0.6 is 22.7 Å². The van der Waals surface area contributed by atoms with Crippen molar-refractivity contribution in [3.63, 3.8) is 0 Å². The molecule has 0 radical (unpaired) electrons. The molecule has 0 aliphatic rings. The summed E-state index contributed by atoms with van der Waals surface area (Å²) in [6.07, 6.45) is 0. The fourth-order valence-corrected chi connectivity index (χ4v) is 9.57. The molecule has 0 aliphatic heterocycles. The van der Waals surface area contributed by atoms with Crippen molar-refractivity contribution in [2.45, 2.75) is 0 Å². The highest BCUT2D eigenvalue weighted by Gasteiger charge is 2.18. The van der Waals surface area contributed by atoms with E-state index in [1.807, 2.05) is 22.7 Å². The molecule has 2 heterocycles. The molecule has 0 spiro atoms. The Morgan fingerprint density at radius 1 is 0.255 bits per heavy atom. The van der Waals surface area contributed by atoms with Crippen molar-refractivity contribution in [1.82, 2.24) is 0 Å². The molecule has 3 heteroatoms. The van der Waals surface area contributed by atoms with Crippen LogP contribution in [0.1, 0.15) is 0 Å². The standard InChI is InChI=1S/C48H31NS2/c1-3-11-32(12-4-1)36-27-37(33-13-5-2-6-14-33)29-40(28-36)49(39-24-25-43-41-15-7-9-17-45(41)51-48(43)31-39)38-22-19-34(20-23-38)35-21-26-47-44(30-35)42-16-8-10-18-46(42)50-47/h1-31H. The average Bonchev–Trinajstić information content (AvgIpc) is 3.76. The summed E-state index contributed by atoms with van der Waals surface area (Å²) in [5.74, 6) is 0. The SMILES string of the molecule is c1ccc(-c2cc(-c3ccccc3)cc(N(c3ccc(-c4ccc5sc6ccccc6c5c4)cc3)c3ccc4c(c3)sc3ccccc34)c2)cc1. The summed E-state index contributed by atoms with van der Waals surface area (Å²) in [5.41, 5.74) is 10.6. The van der Waals surface area contributed by atoms with Crippen molar-refractivity contribution in [3.05, 3.63) is 188 Å². The molecule has 240 valence electrons. The van der Waals surface area contributed by atoms with Crippen LogP contribution in [0.15, 0.2) is 188 Å². The van der Waals surface area contributed by atoms with E-state index in [4.69, 9.17) is 0 Å². The summed E-state index contributed by atoms with van der Waals surface area (Å²) >= 11 is 3.72. The number of hydrogen-bond acceptors (Lipinski definition) is 3. The summed E-state index contributed by atoms with van der Waals surface area (Å²) in [6.45, 7) is 0. The minimum Gasteiger partial charge on any atom is -0.310 e. The topological polar surface area (TPSA) is 3.24 Å². The first-order chi connectivity index (χ1) is 25.2. The second-order valence-electron chi connectivity index (χ2n) is 13.0. The van der Waals surface area contributed by atoms with Gasteiger partial charge < -0.3 is 4.90 Å². The molecule has 0 saturated heterocycles. The third-order valence-electron chi connectivity index (χ3n) is 9.85. The number of rotatable bonds is 6. The number of hydrogen-bond donors (Lipinski definition) is 0. The smallest absolute Gasteiger partial charge is 0.0476 e. The van der Waals surface area contributed by atoms with Crippen molar-refractivity contribution < 1.29 is 0 Å². The predicted molar refractivity (Wildman–Crippen MR) is 223 cm³/mol. The van der Waals surface area contributed by atoms with E-state index in [9.17, 15) is 0 Å². The van der Waals surface area contributed by atoms with Crippen LogP contribution in [0.25, 0.3) is 73.7 Å². The van der Waals surface area contributed by atoms with Crippen LogP contribution in [0.2, 0.25) is 0 Å². The van der Waals surface area contributed by atoms with Crippen molar-refractivity contribution in [3.8, 4) is 33.4 Å². The maximum atomic E-state index is 2.42. The Bertz CT molecular complexity index is 2790. The molecule has 1 nitrogen and oxygen atoms in total. The van der Waals surface area contributed by atoms with Gasteiger partial charge in [0.25, 0.3) is 0 Å². The molecular weight excluding hydrogens is 655 g/mol. The molecule has 0 amide bonds. The van der Waals surface area contributed by atoms with Gasteiger partial charge in [-0.25, -0.2) is 0 Å². The van der Waals surface area contributed by atoms with Crippen LogP contribution in [0, 0.1) is 0 Å². The number of nitrogens with zero attached hydrogens (tertiary/aromatic N) is 1. The summed E-state index contributed by atoms with van der Waals surface area (Å²) in [7, 11) is 0. The third-order valence-corrected chi connectivity index (χ3v) is 12.1. The second-order valence-corrected chi connectivity index (χ2v) is 15.1. The van der Waals surface area contributed by atoms with Gasteiger partial charge >= 0.3 is 0 Å². The molecule has 2 aromatic heterocycles. The van der Waals surface area contributed by atoms with Gasteiger partial charge in [0.1, 0.15) is 0 Å². The Morgan fingerprint density at radius 2 is 0.745 bits per heavy atom. The maximum Gasteiger partial charge on any atom is 0.0476 e. The highest BCUT2D eigenvalue weighted by molar-refractivity contribution is 7.26. The molecule has 0 bridgehead atoms. The lowest BCUT2D eigenvalue weighted by molar-refractivity contribution is 1.29. The highest BCUT2D eigenvalue weighted by atomic mass is 32.1. The van der Waals surface area contributed by atoms with E-state index in [2.05, 4.69) is 193 Å². The Balaban J connectivity index is 1.15. The summed E-state index contributed by atoms with van der Waals surface area (Å²) in [5, 5.41) is 5.26. The molecule has 10 rings (SSSR count). The Kier molecular flexibility index (Phi) is 7.26. The molecule has 0 N–H and O–H groups in total. The van der Waals surface area contributed by atoms with Crippen molar-refractivity contribution in [2.24, 2.45) is 0 Å². The summed E-state index contributed by atoms with van der Waals surface area (Å²) in [4.78, 5) is 2.42. The van der Waals surface area contributed by atoms with Crippen LogP contribution in [-0.4, -0.2) is 0 Å². The number of benzene rings is 8. The van der Waals surface area contributed by atoms with Gasteiger partial charge in [-0.2, -0.15) is 0 Å². The monoisotopic (exact) mass is 685 g/mol. The van der Waals surface area contributed by atoms with Gasteiger partial charge in [0.15, 0.2) is 0 Å². The number of thiophene rings is 2. The van der Waals surface area contributed by atoms with E-state index in [1.54, 1.807) is 0 Å². The Morgan fingerprint density at radius 3 is 1.41 bits per heavy atom. The molecule has 0 aliphatic carbocycles. The normalized spacial score (nSPS) is 11.5. The van der Waals surface area contributed by atoms with E-state index >= 15 is 0 Å². The first-order valence-electron chi connectivity index (χ1n) is 17.2. The molecule has 10 aromatic rings. The van der Waals surface area contributed by atoms with Gasteiger partial charge in [0.05, 0.1) is 0 Å². The van der Waals surface area contributed by atoms with Gasteiger partial charge in [0, 0.05) is 57.4 Å². The lowest BCUT2D eigenvalue weighted by Crippen LogP contribution is -2.10. The van der Waals surface area contributed by atoms with E-state index in [0.717, 1.165) is 17.1 Å². The molecule has 0 atom stereocenters. The molecule has 0 fully saturated rings. The first-order valence-corrected chi connectivity index (χ1v) is 18.9. The molecule has 51 heavy (non-hydrogen) atoms. The lowest BCUT2D eigenvalue weighted by Gasteiger charge is -2.27. The van der Waals surface area contributed by atoms with Crippen LogP contribution < -0.4 is 4.90 Å². The first kappa shape index (κ1) is 29.9. The zero-order valence-corrected chi connectivity index (χ0v) is 29.3. The molecule has 8 aromatic carbocycles. The quantitative estimate of drug-likeness (QED) is 0.168. The Labute approximate surface area is 304 Å². The summed E-state index contributed by atoms with van der Waals surface area (Å²) < 4.78 is 5.26. The van der Waals surface area contributed by atoms with Gasteiger partial charge in [-0.05, 0) is 100 Å². The highest BCUT2D eigenvalue weighted by Crippen LogP contribution is 2.44. The van der Waals surface area contributed by atoms with Crippen molar-refractivity contribution >= 4 is 80.1 Å². The van der Waals surface area contributed by atoms with Crippen LogP contribution in [-0.2, 0) is 0 Å². The van der Waals surface area contributed by atoms with E-state index in [0.29, 0.717) is 0 Å². The minimum atomic E-state index is 1.12. The van der Waals surface area contributed by atoms with Crippen LogP contribution in [0.4, 0.5) is 17.1 Å². The number of anilines is 3. The fourth-order valence-electron chi connectivity index (χ4n) is 7.34. The van der Waals surface area contributed by atoms with Crippen molar-refractivity contribution in [2.75, 3.05) is 4.90 Å². The second kappa shape index (κ2) is 12.4. The molecule has 0 unspecified atom stereocenters. The zero-order valence-electron chi connectivity index (χ0n) is 27.7. The minimum absolute atomic E-state index is 1.12. The number of fused-ring (bicyclic) bond motifs is 6. The average molecular weight is 686 g/mol. The van der Waals surface area contributed by atoms with Crippen LogP contribution in [0.3, 0.4) is 0 Å². The van der Waals surface area contributed by atoms with Crippen LogP contribution in [0.5, 0.6) is 0 Å². The summed E-state index contributed by atoms with van der Waals surface area (Å²) in [6, 6.07) is 68.8. The van der Waals surface area contributed by atoms with E-state index < -0.39 is 0 Å². The largest absolute Gasteiger partial charge is 0.310 e. The fraction of sp³-hybridized carbons (Fsp3) is 0. The molecular formula is C48H31NS2. The van der Waals surface area contributed by atoms with Gasteiger partial charge in [0.2, 0.25) is 0 Å². The van der Waals surface area contributed by atoms with Gasteiger partial charge in [-0.1, -0.05) is 121 Å². The Hall–Kier alpha value is -6.00. The van der Waals surface area contributed by atoms with Gasteiger partial charge in [-0.3, -0.25) is 0 Å². The lowest BCUT2D eigenvalue weighted by atomic mass is 9.97. The maximum absolute atomic E-state index is 2.42. The van der Waals surface area contributed by atoms with E-state index in [1.165, 1.54) is 73.7 Å². The van der Waals surface area contributed by atoms with Crippen molar-refractivity contribution in [1.29, 1.82) is 0 Å². The predicted octanol–water partition coefficient (Wildman–Crippen LogP) is 14.9. The molecule has 0 saturated carbocycles.